The Labute approximate surface area is 188 Å². The van der Waals surface area contributed by atoms with Crippen LogP contribution in [0.3, 0.4) is 0 Å². The van der Waals surface area contributed by atoms with E-state index in [1.54, 1.807) is 25.1 Å². The van der Waals surface area contributed by atoms with Crippen molar-refractivity contribution in [3.63, 3.8) is 0 Å². The molecule has 176 valence electrons. The van der Waals surface area contributed by atoms with E-state index in [4.69, 9.17) is 18.9 Å². The third kappa shape index (κ3) is 5.63. The first-order chi connectivity index (χ1) is 15.8. The SMILES string of the molecule is COc1cc2nc(C)nc(NCc3cccc(C(F)(F)F)c3)c2cc1OCCOC1COC1. The summed E-state index contributed by atoms with van der Waals surface area (Å²) in [6.45, 7) is 3.81. The summed E-state index contributed by atoms with van der Waals surface area (Å²) in [5, 5.41) is 3.80. The number of hydrogen-bond acceptors (Lipinski definition) is 7. The molecule has 0 amide bonds. The van der Waals surface area contributed by atoms with E-state index in [2.05, 4.69) is 15.3 Å². The van der Waals surface area contributed by atoms with E-state index in [0.29, 0.717) is 66.0 Å². The van der Waals surface area contributed by atoms with Crippen LogP contribution in [0.4, 0.5) is 19.0 Å². The van der Waals surface area contributed by atoms with Crippen LogP contribution in [-0.2, 0) is 22.2 Å². The van der Waals surface area contributed by atoms with Crippen molar-refractivity contribution in [2.75, 3.05) is 38.9 Å². The lowest BCUT2D eigenvalue weighted by Gasteiger charge is -2.25. The van der Waals surface area contributed by atoms with Gasteiger partial charge in [-0.15, -0.1) is 0 Å². The smallest absolute Gasteiger partial charge is 0.416 e. The molecule has 2 heterocycles. The minimum Gasteiger partial charge on any atom is -0.493 e. The van der Waals surface area contributed by atoms with Crippen LogP contribution < -0.4 is 14.8 Å². The van der Waals surface area contributed by atoms with E-state index in [0.717, 1.165) is 12.1 Å². The molecule has 7 nitrogen and oxygen atoms in total. The Morgan fingerprint density at radius 2 is 1.91 bits per heavy atom. The largest absolute Gasteiger partial charge is 0.493 e. The summed E-state index contributed by atoms with van der Waals surface area (Å²) in [5.41, 5.74) is 0.416. The number of fused-ring (bicyclic) bond motifs is 1. The van der Waals surface area contributed by atoms with Crippen molar-refractivity contribution in [1.29, 1.82) is 0 Å². The number of hydrogen-bond donors (Lipinski definition) is 1. The number of alkyl halides is 3. The maximum absolute atomic E-state index is 13.0. The van der Waals surface area contributed by atoms with Crippen molar-refractivity contribution in [1.82, 2.24) is 9.97 Å². The van der Waals surface area contributed by atoms with Crippen molar-refractivity contribution in [2.24, 2.45) is 0 Å². The number of nitrogens with one attached hydrogen (secondary N) is 1. The summed E-state index contributed by atoms with van der Waals surface area (Å²) < 4.78 is 61.1. The molecule has 1 saturated heterocycles. The molecule has 1 aliphatic heterocycles. The lowest BCUT2D eigenvalue weighted by molar-refractivity contribution is -0.137. The molecular weight excluding hydrogens is 439 g/mol. The Morgan fingerprint density at radius 3 is 2.61 bits per heavy atom. The first-order valence-electron chi connectivity index (χ1n) is 10.4. The van der Waals surface area contributed by atoms with E-state index >= 15 is 0 Å². The Hall–Kier alpha value is -3.11. The normalized spacial score (nSPS) is 14.2. The van der Waals surface area contributed by atoms with Gasteiger partial charge in [0.2, 0.25) is 0 Å². The van der Waals surface area contributed by atoms with Crippen molar-refractivity contribution >= 4 is 16.7 Å². The van der Waals surface area contributed by atoms with Gasteiger partial charge in [-0.1, -0.05) is 12.1 Å². The van der Waals surface area contributed by atoms with Gasteiger partial charge in [0.1, 0.15) is 24.4 Å². The molecule has 1 N–H and O–H groups in total. The van der Waals surface area contributed by atoms with Gasteiger partial charge < -0.3 is 24.3 Å². The molecule has 0 saturated carbocycles. The average molecular weight is 463 g/mol. The summed E-state index contributed by atoms with van der Waals surface area (Å²) in [6.07, 6.45) is -4.29. The third-order valence-corrected chi connectivity index (χ3v) is 5.11. The highest BCUT2D eigenvalue weighted by Gasteiger charge is 2.30. The predicted octanol–water partition coefficient (Wildman–Crippen LogP) is 4.37. The van der Waals surface area contributed by atoms with Gasteiger partial charge in [-0.2, -0.15) is 13.2 Å². The van der Waals surface area contributed by atoms with E-state index in [9.17, 15) is 13.2 Å². The molecule has 0 bridgehead atoms. The van der Waals surface area contributed by atoms with E-state index < -0.39 is 11.7 Å². The Morgan fingerprint density at radius 1 is 1.09 bits per heavy atom. The van der Waals surface area contributed by atoms with Gasteiger partial charge >= 0.3 is 6.18 Å². The average Bonchev–Trinajstić information content (AvgIpc) is 2.75. The molecule has 2 aromatic carbocycles. The maximum Gasteiger partial charge on any atom is 0.416 e. The summed E-state index contributed by atoms with van der Waals surface area (Å²) in [5.74, 6) is 2.01. The molecule has 4 rings (SSSR count). The van der Waals surface area contributed by atoms with Crippen molar-refractivity contribution in [3.8, 4) is 11.5 Å². The number of aromatic nitrogens is 2. The number of methoxy groups -OCH3 is 1. The van der Waals surface area contributed by atoms with Crippen molar-refractivity contribution in [3.05, 3.63) is 53.3 Å². The fourth-order valence-corrected chi connectivity index (χ4v) is 3.38. The second-order valence-electron chi connectivity index (χ2n) is 7.57. The number of nitrogens with zero attached hydrogens (tertiary/aromatic N) is 2. The van der Waals surface area contributed by atoms with Crippen LogP contribution in [0.25, 0.3) is 10.9 Å². The van der Waals surface area contributed by atoms with Gasteiger partial charge in [-0.3, -0.25) is 0 Å². The standard InChI is InChI=1S/C23H24F3N3O4/c1-14-28-19-10-20(30-2)21(33-7-6-32-17-12-31-13-17)9-18(19)22(29-14)27-11-15-4-3-5-16(8-15)23(24,25)26/h3-5,8-10,17H,6-7,11-13H2,1-2H3,(H,27,28,29). The molecular formula is C23H24F3N3O4. The highest BCUT2D eigenvalue weighted by molar-refractivity contribution is 5.91. The summed E-state index contributed by atoms with van der Waals surface area (Å²) in [6, 6.07) is 8.68. The minimum absolute atomic E-state index is 0.107. The lowest BCUT2D eigenvalue weighted by atomic mass is 10.1. The van der Waals surface area contributed by atoms with Gasteiger partial charge in [0.25, 0.3) is 0 Å². The quantitative estimate of drug-likeness (QED) is 0.473. The zero-order chi connectivity index (χ0) is 23.4. The number of aryl methyl sites for hydroxylation is 1. The topological polar surface area (TPSA) is 74.7 Å². The molecule has 0 aliphatic carbocycles. The lowest BCUT2D eigenvalue weighted by Crippen LogP contribution is -2.37. The van der Waals surface area contributed by atoms with Gasteiger partial charge in [-0.05, 0) is 30.7 Å². The Balaban J connectivity index is 1.54. The first kappa shape index (κ1) is 23.1. The third-order valence-electron chi connectivity index (χ3n) is 5.11. The van der Waals surface area contributed by atoms with Crippen molar-refractivity contribution < 1.29 is 32.1 Å². The minimum atomic E-state index is -4.40. The summed E-state index contributed by atoms with van der Waals surface area (Å²) in [4.78, 5) is 8.89. The highest BCUT2D eigenvalue weighted by Crippen LogP contribution is 2.35. The van der Waals surface area contributed by atoms with E-state index in [-0.39, 0.29) is 12.6 Å². The highest BCUT2D eigenvalue weighted by atomic mass is 19.4. The van der Waals surface area contributed by atoms with Gasteiger partial charge in [0.15, 0.2) is 11.5 Å². The molecule has 0 spiro atoms. The van der Waals surface area contributed by atoms with Crippen LogP contribution >= 0.6 is 0 Å². The summed E-state index contributed by atoms with van der Waals surface area (Å²) in [7, 11) is 1.54. The number of benzene rings is 2. The van der Waals surface area contributed by atoms with Crippen LogP contribution in [0.5, 0.6) is 11.5 Å². The molecule has 33 heavy (non-hydrogen) atoms. The van der Waals surface area contributed by atoms with E-state index in [1.807, 2.05) is 0 Å². The van der Waals surface area contributed by atoms with Gasteiger partial charge in [0, 0.05) is 18.0 Å². The maximum atomic E-state index is 13.0. The van der Waals surface area contributed by atoms with E-state index in [1.165, 1.54) is 13.2 Å². The van der Waals surface area contributed by atoms with Gasteiger partial charge in [0.05, 0.1) is 38.0 Å². The number of halogens is 3. The molecule has 1 aliphatic rings. The Kier molecular flexibility index (Phi) is 6.85. The molecule has 1 fully saturated rings. The first-order valence-corrected chi connectivity index (χ1v) is 10.4. The zero-order valence-corrected chi connectivity index (χ0v) is 18.2. The monoisotopic (exact) mass is 463 g/mol. The predicted molar refractivity (Wildman–Crippen MR) is 116 cm³/mol. The van der Waals surface area contributed by atoms with Gasteiger partial charge in [-0.25, -0.2) is 9.97 Å². The zero-order valence-electron chi connectivity index (χ0n) is 18.2. The molecule has 1 aromatic heterocycles. The second kappa shape index (κ2) is 9.80. The molecule has 3 aromatic rings. The second-order valence-corrected chi connectivity index (χ2v) is 7.57. The fraction of sp³-hybridized carbons (Fsp3) is 0.391. The molecule has 10 heteroatoms. The Bertz CT molecular complexity index is 1120. The van der Waals surface area contributed by atoms with Crippen LogP contribution in [-0.4, -0.2) is 49.6 Å². The number of anilines is 1. The molecule has 0 atom stereocenters. The summed E-state index contributed by atoms with van der Waals surface area (Å²) >= 11 is 0. The number of ether oxygens (including phenoxy) is 4. The van der Waals surface area contributed by atoms with Crippen LogP contribution in [0.15, 0.2) is 36.4 Å². The molecule has 0 unspecified atom stereocenters. The molecule has 0 radical (unpaired) electrons. The van der Waals surface area contributed by atoms with Crippen molar-refractivity contribution in [2.45, 2.75) is 25.7 Å². The van der Waals surface area contributed by atoms with Crippen LogP contribution in [0.1, 0.15) is 17.0 Å². The fourth-order valence-electron chi connectivity index (χ4n) is 3.38. The van der Waals surface area contributed by atoms with Crippen LogP contribution in [0.2, 0.25) is 0 Å². The number of rotatable bonds is 9. The van der Waals surface area contributed by atoms with Crippen LogP contribution in [0, 0.1) is 6.92 Å².